The van der Waals surface area contributed by atoms with Gasteiger partial charge in [0.25, 0.3) is 11.8 Å². The van der Waals surface area contributed by atoms with Gasteiger partial charge in [0.1, 0.15) is 16.6 Å². The fourth-order valence-electron chi connectivity index (χ4n) is 4.29. The van der Waals surface area contributed by atoms with Crippen LogP contribution in [0.1, 0.15) is 26.7 Å². The lowest BCUT2D eigenvalue weighted by Gasteiger charge is -2.18. The van der Waals surface area contributed by atoms with Gasteiger partial charge in [-0.3, -0.25) is 19.4 Å². The Morgan fingerprint density at radius 2 is 1.38 bits per heavy atom. The van der Waals surface area contributed by atoms with Crippen molar-refractivity contribution in [3.63, 3.8) is 0 Å². The van der Waals surface area contributed by atoms with Crippen LogP contribution in [-0.4, -0.2) is 22.7 Å². The summed E-state index contributed by atoms with van der Waals surface area (Å²) in [5, 5.41) is 6.25. The molecule has 1 heterocycles. The van der Waals surface area contributed by atoms with E-state index in [2.05, 4.69) is 15.6 Å². The molecule has 5 aromatic rings. The van der Waals surface area contributed by atoms with Gasteiger partial charge >= 0.3 is 0 Å². The smallest absolute Gasteiger partial charge is 0.272 e. The Balaban J connectivity index is 1.34. The first kappa shape index (κ1) is 32.6. The van der Waals surface area contributed by atoms with Gasteiger partial charge in [-0.2, -0.15) is 0 Å². The number of anilines is 2. The molecule has 0 aliphatic heterocycles. The number of nitrogens with one attached hydrogen (secondary N) is 3. The van der Waals surface area contributed by atoms with E-state index in [0.717, 1.165) is 11.8 Å². The molecule has 7 nitrogen and oxygen atoms in total. The van der Waals surface area contributed by atoms with E-state index in [1.165, 1.54) is 12.3 Å². The number of pyridine rings is 1. The third-order valence-corrected chi connectivity index (χ3v) is 7.86. The van der Waals surface area contributed by atoms with Gasteiger partial charge in [0, 0.05) is 34.6 Å². The molecule has 5 rings (SSSR count). The van der Waals surface area contributed by atoms with Crippen LogP contribution < -0.4 is 16.0 Å². The zero-order valence-electron chi connectivity index (χ0n) is 24.2. The molecule has 47 heavy (non-hydrogen) atoms. The van der Waals surface area contributed by atoms with Crippen molar-refractivity contribution < 1.29 is 31.9 Å². The van der Waals surface area contributed by atoms with Crippen LogP contribution in [-0.2, 0) is 9.59 Å². The van der Waals surface area contributed by atoms with Crippen molar-refractivity contribution in [2.75, 3.05) is 10.6 Å². The van der Waals surface area contributed by atoms with Crippen LogP contribution in [0.5, 0.6) is 0 Å². The first-order valence-corrected chi connectivity index (χ1v) is 14.8. The molecule has 0 fully saturated rings. The van der Waals surface area contributed by atoms with Gasteiger partial charge in [0.15, 0.2) is 23.3 Å². The number of amides is 3. The van der Waals surface area contributed by atoms with E-state index in [9.17, 15) is 31.9 Å². The van der Waals surface area contributed by atoms with Crippen LogP contribution in [0.4, 0.5) is 28.9 Å². The summed E-state index contributed by atoms with van der Waals surface area (Å²) in [4.78, 5) is 44.0. The molecule has 3 amide bonds. The maximum atomic E-state index is 14.3. The van der Waals surface area contributed by atoms with Crippen molar-refractivity contribution in [1.82, 2.24) is 10.3 Å². The Kier molecular flexibility index (Phi) is 10.4. The topological polar surface area (TPSA) is 100 Å². The van der Waals surface area contributed by atoms with Crippen LogP contribution in [0.25, 0.3) is 6.08 Å². The molecule has 1 aromatic heterocycles. The van der Waals surface area contributed by atoms with Crippen molar-refractivity contribution in [2.24, 2.45) is 0 Å². The third-order valence-electron chi connectivity index (χ3n) is 6.59. The molecule has 1 unspecified atom stereocenters. The first-order chi connectivity index (χ1) is 22.7. The summed E-state index contributed by atoms with van der Waals surface area (Å²) in [6.07, 6.45) is 4.58. The zero-order valence-corrected chi connectivity index (χ0v) is 25.0. The minimum atomic E-state index is -1.73. The predicted molar refractivity (Wildman–Crippen MR) is 171 cm³/mol. The second-order valence-electron chi connectivity index (χ2n) is 9.88. The summed E-state index contributed by atoms with van der Waals surface area (Å²) in [5.74, 6) is -8.81. The fourth-order valence-corrected chi connectivity index (χ4v) is 5.32. The third kappa shape index (κ3) is 8.30. The van der Waals surface area contributed by atoms with Gasteiger partial charge in [-0.15, -0.1) is 11.8 Å². The lowest BCUT2D eigenvalue weighted by atomic mass is 10.1. The first-order valence-electron chi connectivity index (χ1n) is 13.9. The van der Waals surface area contributed by atoms with Crippen LogP contribution >= 0.6 is 11.8 Å². The molecular weight excluding hydrogens is 632 g/mol. The standard InChI is InChI=1S/C35H24F4N4O3S/c36-26-19-27(37)30(39)31(29(26)38)43-35(46)32(22-9-3-1-4-10-22)47-25-15-13-24(14-16-25)41-34(45)28(18-21-8-7-17-40-20-21)42-33(44)23-11-5-2-6-12-23/h1-20,32H,(H,41,45)(H,42,44)(H,43,46)/b28-18-. The van der Waals surface area contributed by atoms with Gasteiger partial charge in [-0.1, -0.05) is 54.6 Å². The Morgan fingerprint density at radius 3 is 2.00 bits per heavy atom. The predicted octanol–water partition coefficient (Wildman–Crippen LogP) is 7.52. The molecule has 0 bridgehead atoms. The second-order valence-corrected chi connectivity index (χ2v) is 11.1. The van der Waals surface area contributed by atoms with Crippen LogP contribution in [0, 0.1) is 23.3 Å². The quantitative estimate of drug-likeness (QED) is 0.0625. The van der Waals surface area contributed by atoms with Crippen molar-refractivity contribution in [3.05, 3.63) is 161 Å². The van der Waals surface area contributed by atoms with Gasteiger partial charge in [-0.25, -0.2) is 17.6 Å². The van der Waals surface area contributed by atoms with Crippen molar-refractivity contribution >= 4 is 46.9 Å². The second kappa shape index (κ2) is 15.0. The van der Waals surface area contributed by atoms with Crippen molar-refractivity contribution in [3.8, 4) is 0 Å². The minimum Gasteiger partial charge on any atom is -0.321 e. The number of aromatic nitrogens is 1. The maximum absolute atomic E-state index is 14.3. The van der Waals surface area contributed by atoms with E-state index in [1.807, 2.05) is 5.32 Å². The zero-order chi connectivity index (χ0) is 33.3. The van der Waals surface area contributed by atoms with Crippen molar-refractivity contribution in [1.29, 1.82) is 0 Å². The summed E-state index contributed by atoms with van der Waals surface area (Å²) < 4.78 is 56.2. The normalized spacial score (nSPS) is 11.8. The highest BCUT2D eigenvalue weighted by Gasteiger charge is 2.27. The molecular formula is C35H24F4N4O3S. The summed E-state index contributed by atoms with van der Waals surface area (Å²) in [5.41, 5.74) is 0.448. The fraction of sp³-hybridized carbons (Fsp3) is 0.0286. The van der Waals surface area contributed by atoms with Gasteiger partial charge in [0.2, 0.25) is 5.91 Å². The molecule has 0 aliphatic carbocycles. The van der Waals surface area contributed by atoms with Crippen LogP contribution in [0.2, 0.25) is 0 Å². The number of carbonyl (C=O) groups is 3. The minimum absolute atomic E-state index is 0.0423. The number of rotatable bonds is 10. The number of thioether (sulfide) groups is 1. The molecule has 0 aliphatic rings. The van der Waals surface area contributed by atoms with E-state index in [0.29, 0.717) is 27.3 Å². The number of carbonyl (C=O) groups excluding carboxylic acids is 3. The van der Waals surface area contributed by atoms with Gasteiger partial charge in [-0.05, 0) is 59.7 Å². The molecule has 0 saturated carbocycles. The Morgan fingerprint density at radius 1 is 0.745 bits per heavy atom. The molecule has 1 atom stereocenters. The molecule has 0 radical (unpaired) electrons. The highest BCUT2D eigenvalue weighted by atomic mass is 32.2. The molecule has 236 valence electrons. The number of benzene rings is 4. The summed E-state index contributed by atoms with van der Waals surface area (Å²) in [6, 6.07) is 26.4. The van der Waals surface area contributed by atoms with Gasteiger partial charge in [0.05, 0.1) is 0 Å². The van der Waals surface area contributed by atoms with E-state index in [1.54, 1.807) is 103 Å². The lowest BCUT2D eigenvalue weighted by molar-refractivity contribution is -0.116. The van der Waals surface area contributed by atoms with E-state index in [-0.39, 0.29) is 11.8 Å². The maximum Gasteiger partial charge on any atom is 0.272 e. The van der Waals surface area contributed by atoms with E-state index < -0.39 is 51.9 Å². The monoisotopic (exact) mass is 656 g/mol. The molecule has 12 heteroatoms. The molecule has 0 spiro atoms. The SMILES string of the molecule is O=C(Nc1ccc(SC(C(=O)Nc2c(F)c(F)cc(F)c2F)c2ccccc2)cc1)/C(=C/c1cccnc1)NC(=O)c1ccccc1. The summed E-state index contributed by atoms with van der Waals surface area (Å²) in [7, 11) is 0. The lowest BCUT2D eigenvalue weighted by Crippen LogP contribution is -2.30. The molecule has 0 saturated heterocycles. The molecule has 4 aromatic carbocycles. The number of nitrogens with zero attached hydrogens (tertiary/aromatic N) is 1. The largest absolute Gasteiger partial charge is 0.321 e. The van der Waals surface area contributed by atoms with E-state index >= 15 is 0 Å². The van der Waals surface area contributed by atoms with E-state index in [4.69, 9.17) is 0 Å². The number of hydrogen-bond donors (Lipinski definition) is 3. The average Bonchev–Trinajstić information content (AvgIpc) is 3.09. The highest BCUT2D eigenvalue weighted by Crippen LogP contribution is 2.37. The number of halogens is 4. The summed E-state index contributed by atoms with van der Waals surface area (Å²) in [6.45, 7) is 0. The average molecular weight is 657 g/mol. The van der Waals surface area contributed by atoms with Gasteiger partial charge < -0.3 is 16.0 Å². The Labute approximate surface area is 270 Å². The Bertz CT molecular complexity index is 1900. The summed E-state index contributed by atoms with van der Waals surface area (Å²) >= 11 is 0.999. The number of hydrogen-bond acceptors (Lipinski definition) is 5. The molecule has 3 N–H and O–H groups in total. The van der Waals surface area contributed by atoms with Crippen LogP contribution in [0.15, 0.2) is 126 Å². The van der Waals surface area contributed by atoms with Crippen LogP contribution in [0.3, 0.4) is 0 Å². The Hall–Kier alpha value is -5.75. The highest BCUT2D eigenvalue weighted by molar-refractivity contribution is 8.00. The van der Waals surface area contributed by atoms with Crippen molar-refractivity contribution in [2.45, 2.75) is 10.1 Å².